The lowest BCUT2D eigenvalue weighted by Crippen LogP contribution is -2.43. The van der Waals surface area contributed by atoms with E-state index in [9.17, 15) is 24.4 Å². The first-order chi connectivity index (χ1) is 17.7. The van der Waals surface area contributed by atoms with Crippen LogP contribution < -0.4 is 16.8 Å². The zero-order valence-electron chi connectivity index (χ0n) is 21.1. The molecule has 0 atom stereocenters. The first kappa shape index (κ1) is 24.1. The second kappa shape index (κ2) is 8.78. The SMILES string of the molecule is Cc1cc(C(=O)Cn2c(=O)c(C#N)c3n(c2=O)CCC3)c(C)n1-c1c(C)n(C)n(-c2ccccc2)c1=O. The predicted molar refractivity (Wildman–Crippen MR) is 137 cm³/mol. The van der Waals surface area contributed by atoms with E-state index in [1.807, 2.05) is 43.3 Å². The minimum absolute atomic E-state index is 0.0863. The molecule has 0 N–H and O–H groups in total. The topological polar surface area (TPSA) is 117 Å². The van der Waals surface area contributed by atoms with Crippen molar-refractivity contribution in [2.24, 2.45) is 7.05 Å². The molecule has 1 aliphatic rings. The Morgan fingerprint density at radius 1 is 1.03 bits per heavy atom. The summed E-state index contributed by atoms with van der Waals surface area (Å²) in [6, 6.07) is 12.8. The van der Waals surface area contributed by atoms with E-state index in [2.05, 4.69) is 0 Å². The minimum Gasteiger partial charge on any atom is -0.311 e. The molecule has 4 heterocycles. The molecule has 10 nitrogen and oxygen atoms in total. The smallest absolute Gasteiger partial charge is 0.311 e. The summed E-state index contributed by atoms with van der Waals surface area (Å²) in [6.45, 7) is 5.29. The number of ketones is 1. The molecule has 0 spiro atoms. The number of carbonyl (C=O) groups is 1. The van der Waals surface area contributed by atoms with Gasteiger partial charge in [0.2, 0.25) is 0 Å². The van der Waals surface area contributed by atoms with Crippen LogP contribution in [0.4, 0.5) is 0 Å². The summed E-state index contributed by atoms with van der Waals surface area (Å²) < 4.78 is 7.33. The van der Waals surface area contributed by atoms with Gasteiger partial charge >= 0.3 is 5.69 Å². The molecule has 5 rings (SSSR count). The largest absolute Gasteiger partial charge is 0.331 e. The summed E-state index contributed by atoms with van der Waals surface area (Å²) >= 11 is 0. The Labute approximate surface area is 211 Å². The summed E-state index contributed by atoms with van der Waals surface area (Å²) in [4.78, 5) is 52.9. The van der Waals surface area contributed by atoms with E-state index in [1.54, 1.807) is 40.9 Å². The summed E-state index contributed by atoms with van der Waals surface area (Å²) in [7, 11) is 1.80. The van der Waals surface area contributed by atoms with Gasteiger partial charge in [0, 0.05) is 36.2 Å². The zero-order valence-corrected chi connectivity index (χ0v) is 21.1. The number of para-hydroxylation sites is 1. The van der Waals surface area contributed by atoms with Crippen molar-refractivity contribution in [1.82, 2.24) is 23.1 Å². The number of benzene rings is 1. The van der Waals surface area contributed by atoms with Crippen LogP contribution in [-0.4, -0.2) is 28.8 Å². The molecular weight excluding hydrogens is 472 g/mol. The fourth-order valence-corrected chi connectivity index (χ4v) is 5.32. The Balaban J connectivity index is 1.60. The number of hydrogen-bond donors (Lipinski definition) is 0. The van der Waals surface area contributed by atoms with Gasteiger partial charge in [0.25, 0.3) is 11.1 Å². The lowest BCUT2D eigenvalue weighted by atomic mass is 10.1. The molecule has 0 unspecified atom stereocenters. The normalized spacial score (nSPS) is 12.5. The molecule has 0 bridgehead atoms. The molecule has 0 saturated carbocycles. The van der Waals surface area contributed by atoms with Gasteiger partial charge in [-0.15, -0.1) is 0 Å². The van der Waals surface area contributed by atoms with E-state index in [-0.39, 0.29) is 11.1 Å². The maximum absolute atomic E-state index is 13.6. The summed E-state index contributed by atoms with van der Waals surface area (Å²) in [5.74, 6) is -0.446. The number of Topliss-reactive ketones (excluding diaryl/α,β-unsaturated/α-hetero) is 1. The molecule has 0 aliphatic carbocycles. The van der Waals surface area contributed by atoms with Crippen LogP contribution in [0.15, 0.2) is 50.8 Å². The maximum Gasteiger partial charge on any atom is 0.331 e. The van der Waals surface area contributed by atoms with Crippen molar-refractivity contribution in [2.75, 3.05) is 0 Å². The highest BCUT2D eigenvalue weighted by Crippen LogP contribution is 2.23. The molecule has 1 aliphatic heterocycles. The van der Waals surface area contributed by atoms with Crippen LogP contribution in [0.2, 0.25) is 0 Å². The number of nitrogens with zero attached hydrogens (tertiary/aromatic N) is 6. The van der Waals surface area contributed by atoms with Crippen LogP contribution in [0.3, 0.4) is 0 Å². The second-order valence-corrected chi connectivity index (χ2v) is 9.32. The molecule has 1 aromatic carbocycles. The molecule has 37 heavy (non-hydrogen) atoms. The van der Waals surface area contributed by atoms with Gasteiger partial charge in [0.1, 0.15) is 17.3 Å². The van der Waals surface area contributed by atoms with Gasteiger partial charge in [-0.2, -0.15) is 5.26 Å². The van der Waals surface area contributed by atoms with Crippen LogP contribution >= 0.6 is 0 Å². The average molecular weight is 499 g/mol. The second-order valence-electron chi connectivity index (χ2n) is 9.32. The quantitative estimate of drug-likeness (QED) is 0.390. The van der Waals surface area contributed by atoms with Gasteiger partial charge in [0.05, 0.1) is 17.9 Å². The Morgan fingerprint density at radius 2 is 1.73 bits per heavy atom. The van der Waals surface area contributed by atoms with E-state index < -0.39 is 23.6 Å². The van der Waals surface area contributed by atoms with E-state index in [0.717, 1.165) is 4.57 Å². The van der Waals surface area contributed by atoms with Gasteiger partial charge in [-0.3, -0.25) is 28.2 Å². The zero-order chi connectivity index (χ0) is 26.6. The van der Waals surface area contributed by atoms with Crippen molar-refractivity contribution >= 4 is 5.78 Å². The van der Waals surface area contributed by atoms with Gasteiger partial charge < -0.3 is 4.57 Å². The molecule has 188 valence electrons. The monoisotopic (exact) mass is 498 g/mol. The Kier molecular flexibility index (Phi) is 5.71. The molecule has 0 fully saturated rings. The number of rotatable bonds is 5. The number of aryl methyl sites for hydroxylation is 1. The van der Waals surface area contributed by atoms with Gasteiger partial charge in [-0.1, -0.05) is 18.2 Å². The Bertz CT molecular complexity index is 1800. The Hall–Kier alpha value is -4.65. The van der Waals surface area contributed by atoms with Crippen LogP contribution in [0.25, 0.3) is 11.4 Å². The summed E-state index contributed by atoms with van der Waals surface area (Å²) in [5.41, 5.74) is 2.14. The van der Waals surface area contributed by atoms with Gasteiger partial charge in [-0.25, -0.2) is 9.48 Å². The number of carbonyl (C=O) groups excluding carboxylic acids is 1. The van der Waals surface area contributed by atoms with Crippen LogP contribution in [-0.2, 0) is 26.6 Å². The average Bonchev–Trinajstić information content (AvgIpc) is 3.53. The van der Waals surface area contributed by atoms with E-state index >= 15 is 0 Å². The first-order valence-corrected chi connectivity index (χ1v) is 12.0. The number of hydrogen-bond acceptors (Lipinski definition) is 5. The molecule has 0 amide bonds. The third kappa shape index (κ3) is 3.54. The minimum atomic E-state index is -0.743. The number of nitriles is 1. The fraction of sp³-hybridized carbons (Fsp3) is 0.296. The van der Waals surface area contributed by atoms with Crippen molar-refractivity contribution < 1.29 is 4.79 Å². The highest BCUT2D eigenvalue weighted by Gasteiger charge is 2.27. The number of fused-ring (bicyclic) bond motifs is 1. The summed E-state index contributed by atoms with van der Waals surface area (Å²) in [5, 5.41) is 9.52. The third-order valence-corrected chi connectivity index (χ3v) is 7.22. The van der Waals surface area contributed by atoms with E-state index in [4.69, 9.17) is 0 Å². The third-order valence-electron chi connectivity index (χ3n) is 7.22. The standard InChI is InChI=1S/C27H26N6O4/c1-16-13-20(23(34)15-31-25(35)21(14-28)22-11-8-12-30(22)27(31)37)17(2)32(16)24-18(3)29(4)33(26(24)36)19-9-6-5-7-10-19/h5-7,9-10,13H,8,11-12,15H2,1-4H3. The van der Waals surface area contributed by atoms with Crippen LogP contribution in [0, 0.1) is 32.1 Å². The lowest BCUT2D eigenvalue weighted by molar-refractivity contribution is 0.0968. The van der Waals surface area contributed by atoms with E-state index in [0.29, 0.717) is 59.1 Å². The van der Waals surface area contributed by atoms with Crippen molar-refractivity contribution in [3.63, 3.8) is 0 Å². The number of aromatic nitrogens is 5. The molecular formula is C27H26N6O4. The predicted octanol–water partition coefficient (Wildman–Crippen LogP) is 1.92. The lowest BCUT2D eigenvalue weighted by Gasteiger charge is -2.11. The Morgan fingerprint density at radius 3 is 2.41 bits per heavy atom. The molecule has 0 radical (unpaired) electrons. The maximum atomic E-state index is 13.6. The van der Waals surface area contributed by atoms with Crippen molar-refractivity contribution in [2.45, 2.75) is 46.7 Å². The van der Waals surface area contributed by atoms with Gasteiger partial charge in [-0.05, 0) is 51.8 Å². The van der Waals surface area contributed by atoms with Crippen LogP contribution in [0.1, 0.15) is 45.1 Å². The van der Waals surface area contributed by atoms with Crippen molar-refractivity contribution in [1.29, 1.82) is 5.26 Å². The molecule has 10 heteroatoms. The molecule has 0 saturated heterocycles. The first-order valence-electron chi connectivity index (χ1n) is 12.0. The van der Waals surface area contributed by atoms with Crippen molar-refractivity contribution in [3.8, 4) is 17.4 Å². The fourth-order valence-electron chi connectivity index (χ4n) is 5.32. The van der Waals surface area contributed by atoms with Crippen molar-refractivity contribution in [3.05, 3.63) is 101 Å². The highest BCUT2D eigenvalue weighted by molar-refractivity contribution is 5.97. The van der Waals surface area contributed by atoms with E-state index in [1.165, 1.54) is 4.57 Å². The summed E-state index contributed by atoms with van der Waals surface area (Å²) in [6.07, 6.45) is 1.15. The van der Waals surface area contributed by atoms with Gasteiger partial charge in [0.15, 0.2) is 5.78 Å². The van der Waals surface area contributed by atoms with Crippen LogP contribution in [0.5, 0.6) is 0 Å². The highest BCUT2D eigenvalue weighted by atomic mass is 16.2. The molecule has 4 aromatic rings. The molecule has 3 aromatic heterocycles.